The first-order valence-corrected chi connectivity index (χ1v) is 4.19. The topological polar surface area (TPSA) is 17.8 Å². The average Bonchev–Trinajstić information content (AvgIpc) is 2.32. The highest BCUT2D eigenvalue weighted by molar-refractivity contribution is 5.82. The van der Waals surface area contributed by atoms with Gasteiger partial charge in [0, 0.05) is 18.1 Å². The molecule has 0 saturated heterocycles. The van der Waals surface area contributed by atoms with E-state index < -0.39 is 0 Å². The number of aryl methyl sites for hydroxylation is 3. The summed E-state index contributed by atoms with van der Waals surface area (Å²) in [5, 5.41) is 5.16. The number of rotatable bonds is 0. The second kappa shape index (κ2) is 2.55. The van der Waals surface area contributed by atoms with Crippen molar-refractivity contribution in [1.82, 2.24) is 9.78 Å². The van der Waals surface area contributed by atoms with Gasteiger partial charge in [-0.25, -0.2) is 4.39 Å². The number of aromatic nitrogens is 2. The lowest BCUT2D eigenvalue weighted by atomic mass is 10.1. The molecule has 2 aromatic rings. The minimum Gasteiger partial charge on any atom is -0.272 e. The van der Waals surface area contributed by atoms with Crippen LogP contribution in [0.1, 0.15) is 11.3 Å². The van der Waals surface area contributed by atoms with Crippen molar-refractivity contribution in [2.75, 3.05) is 0 Å². The van der Waals surface area contributed by atoms with Gasteiger partial charge in [0.15, 0.2) is 0 Å². The van der Waals surface area contributed by atoms with Crippen molar-refractivity contribution in [3.63, 3.8) is 0 Å². The van der Waals surface area contributed by atoms with E-state index in [1.165, 1.54) is 0 Å². The molecule has 0 radical (unpaired) electrons. The molecule has 0 saturated carbocycles. The maximum absolute atomic E-state index is 13.2. The maximum atomic E-state index is 13.2. The summed E-state index contributed by atoms with van der Waals surface area (Å²) < 4.78 is 15.0. The second-order valence-corrected chi connectivity index (χ2v) is 3.33. The molecular weight excluding hydrogens is 167 g/mol. The fourth-order valence-corrected chi connectivity index (χ4v) is 1.45. The summed E-state index contributed by atoms with van der Waals surface area (Å²) >= 11 is 0. The van der Waals surface area contributed by atoms with Gasteiger partial charge in [-0.15, -0.1) is 0 Å². The van der Waals surface area contributed by atoms with E-state index >= 15 is 0 Å². The van der Waals surface area contributed by atoms with Crippen LogP contribution in [-0.4, -0.2) is 9.78 Å². The largest absolute Gasteiger partial charge is 0.272 e. The number of hydrogen-bond acceptors (Lipinski definition) is 1. The van der Waals surface area contributed by atoms with Crippen LogP contribution >= 0.6 is 0 Å². The van der Waals surface area contributed by atoms with Gasteiger partial charge in [0.2, 0.25) is 0 Å². The Balaban J connectivity index is 2.89. The monoisotopic (exact) mass is 178 g/mol. The van der Waals surface area contributed by atoms with Crippen molar-refractivity contribution in [3.8, 4) is 0 Å². The van der Waals surface area contributed by atoms with Gasteiger partial charge in [0.1, 0.15) is 5.82 Å². The van der Waals surface area contributed by atoms with Gasteiger partial charge >= 0.3 is 0 Å². The molecule has 0 spiro atoms. The van der Waals surface area contributed by atoms with Crippen LogP contribution in [0.3, 0.4) is 0 Å². The molecule has 0 N–H and O–H groups in total. The van der Waals surface area contributed by atoms with Gasteiger partial charge < -0.3 is 0 Å². The number of halogens is 1. The van der Waals surface area contributed by atoms with Crippen molar-refractivity contribution in [1.29, 1.82) is 0 Å². The average molecular weight is 178 g/mol. The second-order valence-electron chi connectivity index (χ2n) is 3.33. The molecule has 13 heavy (non-hydrogen) atoms. The zero-order valence-electron chi connectivity index (χ0n) is 7.93. The fourth-order valence-electron chi connectivity index (χ4n) is 1.45. The molecule has 2 nitrogen and oxygen atoms in total. The van der Waals surface area contributed by atoms with Gasteiger partial charge in [-0.1, -0.05) is 0 Å². The van der Waals surface area contributed by atoms with Gasteiger partial charge in [0.25, 0.3) is 0 Å². The van der Waals surface area contributed by atoms with Crippen LogP contribution < -0.4 is 0 Å². The quantitative estimate of drug-likeness (QED) is 0.605. The zero-order chi connectivity index (χ0) is 9.59. The first-order chi connectivity index (χ1) is 6.09. The number of nitrogens with zero attached hydrogens (tertiary/aromatic N) is 2. The molecule has 0 aliphatic carbocycles. The molecule has 0 fully saturated rings. The summed E-state index contributed by atoms with van der Waals surface area (Å²) in [7, 11) is 1.86. The molecule has 68 valence electrons. The Morgan fingerprint density at radius 3 is 2.69 bits per heavy atom. The van der Waals surface area contributed by atoms with Crippen molar-refractivity contribution in [2.24, 2.45) is 7.05 Å². The van der Waals surface area contributed by atoms with Crippen LogP contribution in [-0.2, 0) is 7.05 Å². The molecular formula is C10H11FN2. The van der Waals surface area contributed by atoms with Crippen LogP contribution in [0.5, 0.6) is 0 Å². The third-order valence-corrected chi connectivity index (χ3v) is 2.41. The minimum atomic E-state index is -0.163. The van der Waals surface area contributed by atoms with E-state index in [9.17, 15) is 4.39 Å². The lowest BCUT2D eigenvalue weighted by Crippen LogP contribution is -1.91. The molecule has 0 aliphatic heterocycles. The van der Waals surface area contributed by atoms with Gasteiger partial charge in [-0.2, -0.15) is 5.10 Å². The van der Waals surface area contributed by atoms with Crippen molar-refractivity contribution in [2.45, 2.75) is 13.8 Å². The first kappa shape index (κ1) is 8.23. The van der Waals surface area contributed by atoms with E-state index in [4.69, 9.17) is 0 Å². The summed E-state index contributed by atoms with van der Waals surface area (Å²) in [6, 6.07) is 3.32. The molecule has 2 rings (SSSR count). The van der Waals surface area contributed by atoms with Crippen molar-refractivity contribution >= 4 is 10.9 Å². The van der Waals surface area contributed by atoms with Crippen molar-refractivity contribution in [3.05, 3.63) is 29.2 Å². The Morgan fingerprint density at radius 2 is 2.00 bits per heavy atom. The summed E-state index contributed by atoms with van der Waals surface area (Å²) in [4.78, 5) is 0. The highest BCUT2D eigenvalue weighted by atomic mass is 19.1. The van der Waals surface area contributed by atoms with E-state index in [0.29, 0.717) is 5.56 Å². The Morgan fingerprint density at radius 1 is 1.31 bits per heavy atom. The Hall–Kier alpha value is -1.38. The van der Waals surface area contributed by atoms with Crippen LogP contribution in [0.2, 0.25) is 0 Å². The SMILES string of the molecule is Cc1cc2nn(C)c(C)c2cc1F. The van der Waals surface area contributed by atoms with Crippen LogP contribution in [0.25, 0.3) is 10.9 Å². The van der Waals surface area contributed by atoms with Gasteiger partial charge in [-0.3, -0.25) is 4.68 Å². The Kier molecular flexibility index (Phi) is 1.62. The number of hydrogen-bond donors (Lipinski definition) is 0. The first-order valence-electron chi connectivity index (χ1n) is 4.19. The molecule has 0 amide bonds. The maximum Gasteiger partial charge on any atom is 0.126 e. The normalized spacial score (nSPS) is 11.1. The Bertz CT molecular complexity index is 471. The van der Waals surface area contributed by atoms with E-state index in [2.05, 4.69) is 5.10 Å². The van der Waals surface area contributed by atoms with Crippen LogP contribution in [0.4, 0.5) is 4.39 Å². The molecule has 0 atom stereocenters. The van der Waals surface area contributed by atoms with Crippen molar-refractivity contribution < 1.29 is 4.39 Å². The van der Waals surface area contributed by atoms with Crippen LogP contribution in [0.15, 0.2) is 12.1 Å². The van der Waals surface area contributed by atoms with Crippen LogP contribution in [0, 0.1) is 19.7 Å². The molecule has 1 aromatic heterocycles. The fraction of sp³-hybridized carbons (Fsp3) is 0.300. The lowest BCUT2D eigenvalue weighted by Gasteiger charge is -1.95. The lowest BCUT2D eigenvalue weighted by molar-refractivity contribution is 0.620. The summed E-state index contributed by atoms with van der Waals surface area (Å²) in [5.74, 6) is -0.163. The third-order valence-electron chi connectivity index (χ3n) is 2.41. The van der Waals surface area contributed by atoms with E-state index in [1.54, 1.807) is 23.7 Å². The molecule has 1 heterocycles. The number of benzene rings is 1. The highest BCUT2D eigenvalue weighted by Gasteiger charge is 2.07. The Labute approximate surface area is 76.0 Å². The highest BCUT2D eigenvalue weighted by Crippen LogP contribution is 2.20. The summed E-state index contributed by atoms with van der Waals surface area (Å²) in [5.41, 5.74) is 2.50. The summed E-state index contributed by atoms with van der Waals surface area (Å²) in [6.45, 7) is 3.68. The standard InChI is InChI=1S/C10H11FN2/c1-6-4-10-8(5-9(6)11)7(2)13(3)12-10/h4-5H,1-3H3. The number of fused-ring (bicyclic) bond motifs is 1. The van der Waals surface area contributed by atoms with Gasteiger partial charge in [-0.05, 0) is 31.5 Å². The predicted octanol–water partition coefficient (Wildman–Crippen LogP) is 2.33. The van der Waals surface area contributed by atoms with E-state index in [1.807, 2.05) is 14.0 Å². The molecule has 0 bridgehead atoms. The molecule has 0 aliphatic rings. The molecule has 1 aromatic carbocycles. The molecule has 3 heteroatoms. The smallest absolute Gasteiger partial charge is 0.126 e. The third kappa shape index (κ3) is 1.11. The van der Waals surface area contributed by atoms with E-state index in [0.717, 1.165) is 16.6 Å². The van der Waals surface area contributed by atoms with E-state index in [-0.39, 0.29) is 5.82 Å². The minimum absolute atomic E-state index is 0.163. The molecule has 0 unspecified atom stereocenters. The summed E-state index contributed by atoms with van der Waals surface area (Å²) in [6.07, 6.45) is 0. The van der Waals surface area contributed by atoms with Gasteiger partial charge in [0.05, 0.1) is 5.52 Å². The predicted molar refractivity (Wildman–Crippen MR) is 50.1 cm³/mol. The zero-order valence-corrected chi connectivity index (χ0v) is 7.93.